The number of carbonyl (C=O) groups is 1. The Kier molecular flexibility index (Phi) is 3.11. The van der Waals surface area contributed by atoms with Crippen LogP contribution >= 0.6 is 0 Å². The second-order valence-electron chi connectivity index (χ2n) is 4.03. The second kappa shape index (κ2) is 4.53. The molecule has 0 spiro atoms. The van der Waals surface area contributed by atoms with Crippen LogP contribution in [0.25, 0.3) is 0 Å². The number of aromatic nitrogens is 1. The van der Waals surface area contributed by atoms with Gasteiger partial charge in [0, 0.05) is 30.8 Å². The quantitative estimate of drug-likeness (QED) is 0.751. The Morgan fingerprint density at radius 3 is 3.07 bits per heavy atom. The first-order chi connectivity index (χ1) is 7.25. The third-order valence-electron chi connectivity index (χ3n) is 2.71. The Bertz CT molecular complexity index is 339. The average Bonchev–Trinajstić information content (AvgIpc) is 2.74. The van der Waals surface area contributed by atoms with Crippen LogP contribution in [0.4, 0.5) is 0 Å². The molecule has 0 N–H and O–H groups in total. The molecule has 1 saturated heterocycles. The molecule has 1 aliphatic heterocycles. The van der Waals surface area contributed by atoms with Crippen molar-refractivity contribution in [1.29, 1.82) is 0 Å². The van der Waals surface area contributed by atoms with E-state index in [4.69, 9.17) is 4.74 Å². The van der Waals surface area contributed by atoms with E-state index in [2.05, 4.69) is 4.98 Å². The molecule has 0 bridgehead atoms. The number of hydrogen-bond acceptors (Lipinski definition) is 3. The van der Waals surface area contributed by atoms with Crippen molar-refractivity contribution in [2.75, 3.05) is 13.2 Å². The molecule has 1 unspecified atom stereocenters. The summed E-state index contributed by atoms with van der Waals surface area (Å²) in [6, 6.07) is 3.91. The summed E-state index contributed by atoms with van der Waals surface area (Å²) >= 11 is 0. The minimum Gasteiger partial charge on any atom is -0.381 e. The molecule has 2 rings (SSSR count). The van der Waals surface area contributed by atoms with Gasteiger partial charge in [0.05, 0.1) is 6.61 Å². The Morgan fingerprint density at radius 2 is 2.47 bits per heavy atom. The fourth-order valence-electron chi connectivity index (χ4n) is 1.71. The van der Waals surface area contributed by atoms with Gasteiger partial charge in [-0.3, -0.25) is 9.78 Å². The zero-order chi connectivity index (χ0) is 10.7. The number of nitrogens with zero attached hydrogens (tertiary/aromatic N) is 1. The molecule has 1 atom stereocenters. The Balaban J connectivity index is 1.96. The average molecular weight is 205 g/mol. The summed E-state index contributed by atoms with van der Waals surface area (Å²) in [6.07, 6.45) is 3.10. The summed E-state index contributed by atoms with van der Waals surface area (Å²) in [5.41, 5.74) is 1.98. The second-order valence-corrected chi connectivity index (χ2v) is 4.03. The standard InChI is InChI=1S/C12H15NO2/c1-9-2-3-11(13-7-9)6-12(14)10-4-5-15-8-10/h2-3,7,10H,4-6,8H2,1H3. The van der Waals surface area contributed by atoms with Crippen molar-refractivity contribution in [1.82, 2.24) is 4.98 Å². The molecule has 0 saturated carbocycles. The van der Waals surface area contributed by atoms with E-state index >= 15 is 0 Å². The van der Waals surface area contributed by atoms with E-state index in [1.807, 2.05) is 19.1 Å². The number of hydrogen-bond donors (Lipinski definition) is 0. The van der Waals surface area contributed by atoms with Crippen LogP contribution in [0.15, 0.2) is 18.3 Å². The Morgan fingerprint density at radius 1 is 1.60 bits per heavy atom. The monoisotopic (exact) mass is 205 g/mol. The summed E-state index contributed by atoms with van der Waals surface area (Å²) in [7, 11) is 0. The zero-order valence-corrected chi connectivity index (χ0v) is 8.90. The van der Waals surface area contributed by atoms with E-state index < -0.39 is 0 Å². The van der Waals surface area contributed by atoms with E-state index in [1.54, 1.807) is 6.20 Å². The minimum atomic E-state index is 0.0908. The van der Waals surface area contributed by atoms with Gasteiger partial charge in [-0.25, -0.2) is 0 Å². The highest BCUT2D eigenvalue weighted by molar-refractivity contribution is 5.83. The highest BCUT2D eigenvalue weighted by Crippen LogP contribution is 2.15. The smallest absolute Gasteiger partial charge is 0.144 e. The van der Waals surface area contributed by atoms with Crippen molar-refractivity contribution in [3.05, 3.63) is 29.6 Å². The number of ether oxygens (including phenoxy) is 1. The molecule has 0 aliphatic carbocycles. The van der Waals surface area contributed by atoms with E-state index in [1.165, 1.54) is 0 Å². The molecule has 1 aliphatic rings. The van der Waals surface area contributed by atoms with Crippen LogP contribution in [-0.2, 0) is 16.0 Å². The van der Waals surface area contributed by atoms with Gasteiger partial charge in [0.2, 0.25) is 0 Å². The lowest BCUT2D eigenvalue weighted by atomic mass is 9.99. The summed E-state index contributed by atoms with van der Waals surface area (Å²) in [5.74, 6) is 0.344. The first kappa shape index (κ1) is 10.3. The van der Waals surface area contributed by atoms with E-state index in [0.29, 0.717) is 13.0 Å². The number of ketones is 1. The molecule has 0 amide bonds. The fourth-order valence-corrected chi connectivity index (χ4v) is 1.71. The van der Waals surface area contributed by atoms with Crippen LogP contribution in [0.2, 0.25) is 0 Å². The maximum Gasteiger partial charge on any atom is 0.144 e. The highest BCUT2D eigenvalue weighted by Gasteiger charge is 2.23. The van der Waals surface area contributed by atoms with Gasteiger partial charge >= 0.3 is 0 Å². The van der Waals surface area contributed by atoms with Crippen LogP contribution in [0.3, 0.4) is 0 Å². The Hall–Kier alpha value is -1.22. The molecule has 1 fully saturated rings. The lowest BCUT2D eigenvalue weighted by Gasteiger charge is -2.05. The number of pyridine rings is 1. The lowest BCUT2D eigenvalue weighted by molar-refractivity contribution is -0.122. The maximum atomic E-state index is 11.8. The van der Waals surface area contributed by atoms with Gasteiger partial charge in [0.1, 0.15) is 5.78 Å². The first-order valence-corrected chi connectivity index (χ1v) is 5.27. The lowest BCUT2D eigenvalue weighted by Crippen LogP contribution is -2.17. The molecule has 80 valence electrons. The van der Waals surface area contributed by atoms with E-state index in [0.717, 1.165) is 24.3 Å². The minimum absolute atomic E-state index is 0.0908. The molecular weight excluding hydrogens is 190 g/mol. The number of Topliss-reactive ketones (excluding diaryl/α,β-unsaturated/α-hetero) is 1. The number of aryl methyl sites for hydroxylation is 1. The van der Waals surface area contributed by atoms with Crippen molar-refractivity contribution in [3.63, 3.8) is 0 Å². The first-order valence-electron chi connectivity index (χ1n) is 5.27. The fraction of sp³-hybridized carbons (Fsp3) is 0.500. The molecule has 0 aromatic carbocycles. The molecule has 1 aromatic heterocycles. The van der Waals surface area contributed by atoms with Gasteiger partial charge in [-0.2, -0.15) is 0 Å². The third kappa shape index (κ3) is 2.63. The molecule has 3 heteroatoms. The normalized spacial score (nSPS) is 20.5. The Labute approximate surface area is 89.5 Å². The highest BCUT2D eigenvalue weighted by atomic mass is 16.5. The predicted octanol–water partition coefficient (Wildman–Crippen LogP) is 1.54. The number of carbonyl (C=O) groups excluding carboxylic acids is 1. The molecule has 3 nitrogen and oxygen atoms in total. The van der Waals surface area contributed by atoms with Gasteiger partial charge < -0.3 is 4.74 Å². The predicted molar refractivity (Wildman–Crippen MR) is 56.6 cm³/mol. The third-order valence-corrected chi connectivity index (χ3v) is 2.71. The van der Waals surface area contributed by atoms with Crippen molar-refractivity contribution in [3.8, 4) is 0 Å². The van der Waals surface area contributed by atoms with Crippen molar-refractivity contribution >= 4 is 5.78 Å². The van der Waals surface area contributed by atoms with Gasteiger partial charge in [-0.15, -0.1) is 0 Å². The summed E-state index contributed by atoms with van der Waals surface area (Å²) in [5, 5.41) is 0. The zero-order valence-electron chi connectivity index (χ0n) is 8.90. The van der Waals surface area contributed by atoms with Gasteiger partial charge in [0.15, 0.2) is 0 Å². The molecule has 1 aromatic rings. The van der Waals surface area contributed by atoms with Crippen molar-refractivity contribution < 1.29 is 9.53 Å². The van der Waals surface area contributed by atoms with Gasteiger partial charge in [-0.05, 0) is 25.0 Å². The van der Waals surface area contributed by atoms with Crippen LogP contribution in [0, 0.1) is 12.8 Å². The largest absolute Gasteiger partial charge is 0.381 e. The SMILES string of the molecule is Cc1ccc(CC(=O)C2CCOC2)nc1. The van der Waals surface area contributed by atoms with Gasteiger partial charge in [0.25, 0.3) is 0 Å². The van der Waals surface area contributed by atoms with Crippen molar-refractivity contribution in [2.24, 2.45) is 5.92 Å². The summed E-state index contributed by atoms with van der Waals surface area (Å²) in [4.78, 5) is 16.0. The number of rotatable bonds is 3. The molecule has 15 heavy (non-hydrogen) atoms. The molecular formula is C12H15NO2. The van der Waals surface area contributed by atoms with Crippen LogP contribution < -0.4 is 0 Å². The maximum absolute atomic E-state index is 11.8. The van der Waals surface area contributed by atoms with Crippen LogP contribution in [0.5, 0.6) is 0 Å². The van der Waals surface area contributed by atoms with E-state index in [9.17, 15) is 4.79 Å². The summed E-state index contributed by atoms with van der Waals surface area (Å²) in [6.45, 7) is 3.30. The summed E-state index contributed by atoms with van der Waals surface area (Å²) < 4.78 is 5.19. The topological polar surface area (TPSA) is 39.2 Å². The molecule has 2 heterocycles. The van der Waals surface area contributed by atoms with Gasteiger partial charge in [-0.1, -0.05) is 6.07 Å². The van der Waals surface area contributed by atoms with Crippen molar-refractivity contribution in [2.45, 2.75) is 19.8 Å². The van der Waals surface area contributed by atoms with E-state index in [-0.39, 0.29) is 11.7 Å². The van der Waals surface area contributed by atoms with Crippen LogP contribution in [-0.4, -0.2) is 24.0 Å². The van der Waals surface area contributed by atoms with Crippen LogP contribution in [0.1, 0.15) is 17.7 Å². The molecule has 0 radical (unpaired) electrons.